The van der Waals surface area contributed by atoms with E-state index in [2.05, 4.69) is 11.9 Å². The van der Waals surface area contributed by atoms with Crippen molar-refractivity contribution in [2.24, 2.45) is 5.14 Å². The van der Waals surface area contributed by atoms with Gasteiger partial charge in [0.2, 0.25) is 5.91 Å². The summed E-state index contributed by atoms with van der Waals surface area (Å²) in [5, 5.41) is 7.89. The summed E-state index contributed by atoms with van der Waals surface area (Å²) in [5.41, 5.74) is 0. The zero-order chi connectivity index (χ0) is 10.6. The van der Waals surface area contributed by atoms with Crippen molar-refractivity contribution in [3.8, 4) is 0 Å². The van der Waals surface area contributed by atoms with Crippen molar-refractivity contribution in [3.05, 3.63) is 35.8 Å². The van der Waals surface area contributed by atoms with Gasteiger partial charge < -0.3 is 9.87 Å². The maximum absolute atomic E-state index is 10.9. The van der Waals surface area contributed by atoms with Crippen LogP contribution in [-0.2, 0) is 16.2 Å². The van der Waals surface area contributed by atoms with Crippen LogP contribution in [0, 0.1) is 0 Å². The molecule has 0 fully saturated rings. The lowest BCUT2D eigenvalue weighted by Gasteiger charge is -2.16. The molecule has 0 spiro atoms. The Kier molecular flexibility index (Phi) is 3.94. The van der Waals surface area contributed by atoms with Crippen LogP contribution in [0.2, 0.25) is 0 Å². The fraction of sp³-hybridized carbons (Fsp3) is 0.222. The molecule has 0 radical (unpaired) electrons. The van der Waals surface area contributed by atoms with Crippen molar-refractivity contribution < 1.29 is 9.35 Å². The maximum Gasteiger partial charge on any atom is 0.243 e. The molecule has 0 saturated heterocycles. The Morgan fingerprint density at radius 3 is 3.00 bits per heavy atom. The summed E-state index contributed by atoms with van der Waals surface area (Å²) >= 11 is -1.44. The van der Waals surface area contributed by atoms with Crippen LogP contribution in [0.25, 0.3) is 0 Å². The standard InChI is InChI=1S/C9H12N2O2S/c1-2-9(12)11-7-3-5-8(6-4-7)14(10)13/h2-3,5-7H,1,4,10H2,(H,11,12). The number of rotatable bonds is 3. The maximum atomic E-state index is 10.9. The second-order valence-electron chi connectivity index (χ2n) is 2.82. The van der Waals surface area contributed by atoms with Crippen molar-refractivity contribution in [3.63, 3.8) is 0 Å². The minimum absolute atomic E-state index is 0.0622. The van der Waals surface area contributed by atoms with Crippen molar-refractivity contribution >= 4 is 17.3 Å². The van der Waals surface area contributed by atoms with E-state index >= 15 is 0 Å². The molecule has 1 aliphatic carbocycles. The summed E-state index contributed by atoms with van der Waals surface area (Å²) in [6.07, 6.45) is 7.00. The second kappa shape index (κ2) is 4.99. The topological polar surface area (TPSA) is 78.2 Å². The number of hydrogen-bond acceptors (Lipinski definition) is 3. The predicted octanol–water partition coefficient (Wildman–Crippen LogP) is 0.123. The number of nitrogens with one attached hydrogen (secondary N) is 1. The third-order valence-corrected chi connectivity index (χ3v) is 2.58. The van der Waals surface area contributed by atoms with Crippen molar-refractivity contribution in [2.75, 3.05) is 0 Å². The molecule has 0 aromatic heterocycles. The lowest BCUT2D eigenvalue weighted by atomic mass is 10.1. The molecule has 5 heteroatoms. The molecule has 0 saturated carbocycles. The molecule has 0 bridgehead atoms. The Morgan fingerprint density at radius 2 is 2.57 bits per heavy atom. The van der Waals surface area contributed by atoms with Gasteiger partial charge in [0, 0.05) is 0 Å². The molecule has 2 atom stereocenters. The molecular formula is C9H12N2O2S. The van der Waals surface area contributed by atoms with Gasteiger partial charge in [-0.2, -0.15) is 0 Å². The van der Waals surface area contributed by atoms with Crippen molar-refractivity contribution in [1.82, 2.24) is 5.32 Å². The normalized spacial score (nSPS) is 22.4. The van der Waals surface area contributed by atoms with E-state index in [1.165, 1.54) is 6.08 Å². The first-order valence-electron chi connectivity index (χ1n) is 4.11. The van der Waals surface area contributed by atoms with E-state index in [4.69, 9.17) is 5.14 Å². The lowest BCUT2D eigenvalue weighted by Crippen LogP contribution is -2.33. The number of nitrogens with two attached hydrogens (primary N) is 1. The van der Waals surface area contributed by atoms with Crippen LogP contribution in [-0.4, -0.2) is 16.5 Å². The van der Waals surface area contributed by atoms with E-state index in [-0.39, 0.29) is 11.9 Å². The van der Waals surface area contributed by atoms with Crippen LogP contribution in [0.1, 0.15) is 6.42 Å². The average molecular weight is 212 g/mol. The summed E-state index contributed by atoms with van der Waals surface area (Å²) in [6, 6.07) is -0.0622. The van der Waals surface area contributed by atoms with Gasteiger partial charge in [-0.05, 0) is 24.6 Å². The summed E-state index contributed by atoms with van der Waals surface area (Å²) in [7, 11) is 0. The molecule has 76 valence electrons. The van der Waals surface area contributed by atoms with Crippen molar-refractivity contribution in [1.29, 1.82) is 0 Å². The van der Waals surface area contributed by atoms with E-state index in [1.807, 2.05) is 0 Å². The lowest BCUT2D eigenvalue weighted by molar-refractivity contribution is -0.116. The average Bonchev–Trinajstić information content (AvgIpc) is 2.18. The highest BCUT2D eigenvalue weighted by molar-refractivity contribution is 7.93. The Balaban J connectivity index is 2.48. The summed E-state index contributed by atoms with van der Waals surface area (Å²) in [6.45, 7) is 3.35. The van der Waals surface area contributed by atoms with Gasteiger partial charge in [-0.15, -0.1) is 5.14 Å². The van der Waals surface area contributed by atoms with Gasteiger partial charge >= 0.3 is 0 Å². The fourth-order valence-corrected chi connectivity index (χ4v) is 1.57. The third kappa shape index (κ3) is 3.02. The van der Waals surface area contributed by atoms with Crippen LogP contribution >= 0.6 is 0 Å². The quantitative estimate of drug-likeness (QED) is 0.515. The highest BCUT2D eigenvalue weighted by Crippen LogP contribution is 2.13. The largest absolute Gasteiger partial charge is 0.593 e. The van der Waals surface area contributed by atoms with Gasteiger partial charge in [0.1, 0.15) is 0 Å². The first kappa shape index (κ1) is 11.0. The van der Waals surface area contributed by atoms with Gasteiger partial charge in [0.25, 0.3) is 0 Å². The number of carbonyl (C=O) groups is 1. The van der Waals surface area contributed by atoms with Crippen LogP contribution < -0.4 is 10.5 Å². The van der Waals surface area contributed by atoms with Gasteiger partial charge in [-0.25, -0.2) is 0 Å². The summed E-state index contributed by atoms with van der Waals surface area (Å²) < 4.78 is 10.8. The molecule has 0 aromatic carbocycles. The molecule has 0 aliphatic heterocycles. The van der Waals surface area contributed by atoms with Crippen LogP contribution in [0.15, 0.2) is 35.8 Å². The number of hydrogen-bond donors (Lipinski definition) is 2. The van der Waals surface area contributed by atoms with E-state index in [9.17, 15) is 9.35 Å². The SMILES string of the molecule is C=CC(=O)NC1C=CC([S+](N)[O-])=CC1. The van der Waals surface area contributed by atoms with E-state index in [0.29, 0.717) is 11.3 Å². The van der Waals surface area contributed by atoms with E-state index in [1.54, 1.807) is 18.2 Å². The Hall–Kier alpha value is -1.04. The first-order valence-corrected chi connectivity index (χ1v) is 5.32. The van der Waals surface area contributed by atoms with Crippen LogP contribution in [0.3, 0.4) is 0 Å². The monoisotopic (exact) mass is 212 g/mol. The van der Waals surface area contributed by atoms with Gasteiger partial charge in [0.15, 0.2) is 4.91 Å². The minimum atomic E-state index is -1.44. The van der Waals surface area contributed by atoms with Gasteiger partial charge in [0.05, 0.1) is 17.4 Å². The predicted molar refractivity (Wildman–Crippen MR) is 56.3 cm³/mol. The van der Waals surface area contributed by atoms with Gasteiger partial charge in [-0.3, -0.25) is 4.79 Å². The molecule has 1 rings (SSSR count). The Labute approximate surface area is 85.9 Å². The highest BCUT2D eigenvalue weighted by Gasteiger charge is 2.15. The molecule has 1 amide bonds. The Morgan fingerprint density at radius 1 is 1.86 bits per heavy atom. The van der Waals surface area contributed by atoms with Crippen LogP contribution in [0.4, 0.5) is 0 Å². The summed E-state index contributed by atoms with van der Waals surface area (Å²) in [4.78, 5) is 11.5. The molecular weight excluding hydrogens is 200 g/mol. The Bertz CT molecular complexity index is 297. The zero-order valence-electron chi connectivity index (χ0n) is 7.60. The van der Waals surface area contributed by atoms with E-state index in [0.717, 1.165) is 0 Å². The first-order chi connectivity index (χ1) is 6.63. The number of allylic oxidation sites excluding steroid dienone is 1. The molecule has 2 unspecified atom stereocenters. The summed E-state index contributed by atoms with van der Waals surface area (Å²) in [5.74, 6) is -0.217. The van der Waals surface area contributed by atoms with Crippen molar-refractivity contribution in [2.45, 2.75) is 12.5 Å². The van der Waals surface area contributed by atoms with Gasteiger partial charge in [-0.1, -0.05) is 12.7 Å². The minimum Gasteiger partial charge on any atom is -0.593 e. The zero-order valence-corrected chi connectivity index (χ0v) is 8.42. The van der Waals surface area contributed by atoms with Crippen LogP contribution in [0.5, 0.6) is 0 Å². The molecule has 0 heterocycles. The van der Waals surface area contributed by atoms with E-state index < -0.39 is 11.4 Å². The smallest absolute Gasteiger partial charge is 0.243 e. The highest BCUT2D eigenvalue weighted by atomic mass is 32.2. The molecule has 4 nitrogen and oxygen atoms in total. The third-order valence-electron chi connectivity index (χ3n) is 1.81. The number of carbonyl (C=O) groups excluding carboxylic acids is 1. The molecule has 14 heavy (non-hydrogen) atoms. The fourth-order valence-electron chi connectivity index (χ4n) is 1.10. The molecule has 1 aliphatic rings. The second-order valence-corrected chi connectivity index (χ2v) is 3.88. The molecule has 0 aromatic rings. The number of amides is 1. The molecule has 3 N–H and O–H groups in total.